The van der Waals surface area contributed by atoms with E-state index in [0.29, 0.717) is 30.1 Å². The zero-order valence-electron chi connectivity index (χ0n) is 12.6. The molecular formula is C15H23N3O2S. The number of hydrogen-bond acceptors (Lipinski definition) is 4. The molecule has 116 valence electrons. The average Bonchev–Trinajstić information content (AvgIpc) is 2.71. The maximum absolute atomic E-state index is 12.8. The number of nitrogens with one attached hydrogen (secondary N) is 1. The van der Waals surface area contributed by atoms with Crippen molar-refractivity contribution in [1.29, 1.82) is 0 Å². The topological polar surface area (TPSA) is 52.7 Å². The molecule has 0 spiro atoms. The maximum Gasteiger partial charge on any atom is 0.243 e. The van der Waals surface area contributed by atoms with E-state index in [1.54, 1.807) is 16.4 Å². The summed E-state index contributed by atoms with van der Waals surface area (Å²) in [7, 11) is 0.572. The van der Waals surface area contributed by atoms with Gasteiger partial charge in [0.05, 0.1) is 4.90 Å². The Labute approximate surface area is 127 Å². The quantitative estimate of drug-likeness (QED) is 0.921. The molecule has 2 heterocycles. The van der Waals surface area contributed by atoms with Gasteiger partial charge in [-0.05, 0) is 50.6 Å². The molecule has 2 saturated heterocycles. The third-order valence-corrected chi connectivity index (χ3v) is 6.77. The fourth-order valence-electron chi connectivity index (χ4n) is 3.44. The Balaban J connectivity index is 1.84. The standard InChI is InChI=1S/C15H23N3O2S/c1-16-12-3-7-15(8-4-12)21(19,20)18-10-9-13-5-6-14(11-18)17(13)2/h3-4,7-8,13-14,16H,5-6,9-11H2,1-2H3. The molecule has 6 heteroatoms. The molecule has 0 aromatic heterocycles. The van der Waals surface area contributed by atoms with Crippen LogP contribution < -0.4 is 5.32 Å². The minimum atomic E-state index is -3.38. The molecule has 2 bridgehead atoms. The third-order valence-electron chi connectivity index (χ3n) is 4.89. The average molecular weight is 309 g/mol. The van der Waals surface area contributed by atoms with E-state index in [1.807, 2.05) is 19.2 Å². The molecule has 1 aromatic rings. The minimum Gasteiger partial charge on any atom is -0.388 e. The van der Waals surface area contributed by atoms with Gasteiger partial charge in [-0.2, -0.15) is 4.31 Å². The molecular weight excluding hydrogens is 286 g/mol. The zero-order chi connectivity index (χ0) is 15.0. The first-order valence-corrected chi connectivity index (χ1v) is 8.96. The number of fused-ring (bicyclic) bond motifs is 2. The van der Waals surface area contributed by atoms with Gasteiger partial charge in [0.15, 0.2) is 0 Å². The first-order chi connectivity index (χ1) is 10.0. The van der Waals surface area contributed by atoms with Crippen molar-refractivity contribution in [2.24, 2.45) is 0 Å². The highest BCUT2D eigenvalue weighted by Crippen LogP contribution is 2.31. The van der Waals surface area contributed by atoms with Crippen molar-refractivity contribution in [3.05, 3.63) is 24.3 Å². The highest BCUT2D eigenvalue weighted by Gasteiger charge is 2.38. The van der Waals surface area contributed by atoms with Crippen LogP contribution in [0.3, 0.4) is 0 Å². The Bertz CT molecular complexity index is 600. The van der Waals surface area contributed by atoms with Crippen molar-refractivity contribution >= 4 is 15.7 Å². The number of anilines is 1. The van der Waals surface area contributed by atoms with Crippen molar-refractivity contribution in [3.8, 4) is 0 Å². The van der Waals surface area contributed by atoms with Gasteiger partial charge >= 0.3 is 0 Å². The summed E-state index contributed by atoms with van der Waals surface area (Å²) in [5.41, 5.74) is 0.920. The molecule has 2 unspecified atom stereocenters. The Morgan fingerprint density at radius 3 is 2.43 bits per heavy atom. The number of benzene rings is 1. The first kappa shape index (κ1) is 14.8. The SMILES string of the molecule is CNc1ccc(S(=O)(=O)N2CCC3CCC(C2)N3C)cc1. The summed E-state index contributed by atoms with van der Waals surface area (Å²) in [4.78, 5) is 2.75. The van der Waals surface area contributed by atoms with Gasteiger partial charge in [-0.25, -0.2) is 8.42 Å². The largest absolute Gasteiger partial charge is 0.388 e. The van der Waals surface area contributed by atoms with Crippen molar-refractivity contribution < 1.29 is 8.42 Å². The monoisotopic (exact) mass is 309 g/mol. The minimum absolute atomic E-state index is 0.365. The van der Waals surface area contributed by atoms with E-state index in [2.05, 4.69) is 17.3 Å². The van der Waals surface area contributed by atoms with E-state index < -0.39 is 10.0 Å². The number of nitrogens with zero attached hydrogens (tertiary/aromatic N) is 2. The van der Waals surface area contributed by atoms with E-state index >= 15 is 0 Å². The van der Waals surface area contributed by atoms with Crippen molar-refractivity contribution in [2.75, 3.05) is 32.5 Å². The lowest BCUT2D eigenvalue weighted by Gasteiger charge is -2.25. The smallest absolute Gasteiger partial charge is 0.243 e. The van der Waals surface area contributed by atoms with Crippen LogP contribution in [0.2, 0.25) is 0 Å². The van der Waals surface area contributed by atoms with E-state index in [1.165, 1.54) is 6.42 Å². The lowest BCUT2D eigenvalue weighted by molar-refractivity contribution is 0.246. The maximum atomic E-state index is 12.8. The number of hydrogen-bond donors (Lipinski definition) is 1. The molecule has 2 atom stereocenters. The third kappa shape index (κ3) is 2.67. The Morgan fingerprint density at radius 2 is 1.76 bits per heavy atom. The normalized spacial score (nSPS) is 27.5. The van der Waals surface area contributed by atoms with Gasteiger partial charge < -0.3 is 5.32 Å². The van der Waals surface area contributed by atoms with Crippen LogP contribution in [0.4, 0.5) is 5.69 Å². The molecule has 2 aliphatic heterocycles. The Hall–Kier alpha value is -1.11. The van der Waals surface area contributed by atoms with Crippen LogP contribution in [-0.4, -0.2) is 56.9 Å². The fourth-order valence-corrected chi connectivity index (χ4v) is 4.93. The summed E-state index contributed by atoms with van der Waals surface area (Å²) in [6.07, 6.45) is 3.23. The molecule has 1 N–H and O–H groups in total. The molecule has 0 aliphatic carbocycles. The van der Waals surface area contributed by atoms with Crippen LogP contribution in [0.25, 0.3) is 0 Å². The molecule has 5 nitrogen and oxygen atoms in total. The van der Waals surface area contributed by atoms with Crippen LogP contribution in [0, 0.1) is 0 Å². The van der Waals surface area contributed by atoms with Crippen LogP contribution in [0.5, 0.6) is 0 Å². The predicted molar refractivity (Wildman–Crippen MR) is 83.9 cm³/mol. The number of rotatable bonds is 3. The lowest BCUT2D eigenvalue weighted by atomic mass is 10.1. The van der Waals surface area contributed by atoms with E-state index in [4.69, 9.17) is 0 Å². The number of likely N-dealkylation sites (N-methyl/N-ethyl adjacent to an activating group) is 1. The summed E-state index contributed by atoms with van der Waals surface area (Å²) >= 11 is 0. The summed E-state index contributed by atoms with van der Waals surface area (Å²) in [5.74, 6) is 0. The first-order valence-electron chi connectivity index (χ1n) is 7.52. The van der Waals surface area contributed by atoms with Gasteiger partial charge in [-0.1, -0.05) is 0 Å². The molecule has 3 rings (SSSR count). The van der Waals surface area contributed by atoms with Gasteiger partial charge in [0, 0.05) is 37.9 Å². The molecule has 21 heavy (non-hydrogen) atoms. The Kier molecular flexibility index (Phi) is 3.94. The lowest BCUT2D eigenvalue weighted by Crippen LogP contribution is -2.39. The summed E-state index contributed by atoms with van der Waals surface area (Å²) < 4.78 is 27.3. The van der Waals surface area contributed by atoms with Crippen LogP contribution >= 0.6 is 0 Å². The second-order valence-electron chi connectivity index (χ2n) is 5.98. The van der Waals surface area contributed by atoms with Crippen molar-refractivity contribution in [3.63, 3.8) is 0 Å². The van der Waals surface area contributed by atoms with Crippen LogP contribution in [0.15, 0.2) is 29.2 Å². The second kappa shape index (κ2) is 5.59. The molecule has 0 saturated carbocycles. The highest BCUT2D eigenvalue weighted by atomic mass is 32.2. The van der Waals surface area contributed by atoms with Crippen LogP contribution in [-0.2, 0) is 10.0 Å². The van der Waals surface area contributed by atoms with Gasteiger partial charge in [-0.3, -0.25) is 4.90 Å². The predicted octanol–water partition coefficient (Wildman–Crippen LogP) is 1.59. The highest BCUT2D eigenvalue weighted by molar-refractivity contribution is 7.89. The molecule has 0 amide bonds. The molecule has 2 fully saturated rings. The fraction of sp³-hybridized carbons (Fsp3) is 0.600. The van der Waals surface area contributed by atoms with Crippen LogP contribution in [0.1, 0.15) is 19.3 Å². The molecule has 0 radical (unpaired) electrons. The summed E-state index contributed by atoms with van der Waals surface area (Å²) in [6.45, 7) is 1.24. The zero-order valence-corrected chi connectivity index (χ0v) is 13.4. The van der Waals surface area contributed by atoms with E-state index in [-0.39, 0.29) is 0 Å². The van der Waals surface area contributed by atoms with Gasteiger partial charge in [0.1, 0.15) is 0 Å². The van der Waals surface area contributed by atoms with Crippen molar-refractivity contribution in [2.45, 2.75) is 36.2 Å². The van der Waals surface area contributed by atoms with Crippen molar-refractivity contribution in [1.82, 2.24) is 9.21 Å². The molecule has 1 aromatic carbocycles. The molecule has 2 aliphatic rings. The van der Waals surface area contributed by atoms with Gasteiger partial charge in [-0.15, -0.1) is 0 Å². The van der Waals surface area contributed by atoms with Gasteiger partial charge in [0.25, 0.3) is 0 Å². The second-order valence-corrected chi connectivity index (χ2v) is 7.91. The summed E-state index contributed by atoms with van der Waals surface area (Å²) in [5, 5.41) is 3.01. The number of sulfonamides is 1. The Morgan fingerprint density at radius 1 is 1.10 bits per heavy atom. The van der Waals surface area contributed by atoms with Gasteiger partial charge in [0.2, 0.25) is 10.0 Å². The van der Waals surface area contributed by atoms with E-state index in [9.17, 15) is 8.42 Å². The van der Waals surface area contributed by atoms with E-state index in [0.717, 1.165) is 18.5 Å². The summed E-state index contributed by atoms with van der Waals surface area (Å²) in [6, 6.07) is 7.90.